The predicted molar refractivity (Wildman–Crippen MR) is 126 cm³/mol. The number of carbonyl (C=O) groups excluding carboxylic acids is 2. The number of nitriles is 1. The summed E-state index contributed by atoms with van der Waals surface area (Å²) < 4.78 is 6.45. The van der Waals surface area contributed by atoms with E-state index in [-0.39, 0.29) is 17.9 Å². The van der Waals surface area contributed by atoms with Gasteiger partial charge in [0.2, 0.25) is 0 Å². The molecule has 9 heteroatoms. The molecule has 2 heterocycles. The molecule has 1 aliphatic rings. The molecule has 0 saturated carbocycles. The Bertz CT molecular complexity index is 1370. The van der Waals surface area contributed by atoms with Crippen LogP contribution in [0.2, 0.25) is 0 Å². The molecule has 2 aromatic carbocycles. The number of nitrogens with zero attached hydrogens (tertiary/aromatic N) is 4. The zero-order chi connectivity index (χ0) is 24.5. The lowest BCUT2D eigenvalue weighted by Crippen LogP contribution is -2.54. The number of carbonyl (C=O) groups is 2. The summed E-state index contributed by atoms with van der Waals surface area (Å²) in [5, 5.41) is 18.7. The van der Waals surface area contributed by atoms with Crippen molar-refractivity contribution in [3.05, 3.63) is 82.3 Å². The van der Waals surface area contributed by atoms with Gasteiger partial charge in [-0.15, -0.1) is 0 Å². The topological polar surface area (TPSA) is 121 Å². The molecular formula is C25H23N5O4. The molecule has 34 heavy (non-hydrogen) atoms. The zero-order valence-corrected chi connectivity index (χ0v) is 19.0. The molecule has 1 N–H and O–H groups in total. The molecule has 0 bridgehead atoms. The Labute approximate surface area is 195 Å². The van der Waals surface area contributed by atoms with E-state index in [1.807, 2.05) is 12.1 Å². The van der Waals surface area contributed by atoms with Crippen LogP contribution in [0.15, 0.2) is 70.6 Å². The first-order valence-corrected chi connectivity index (χ1v) is 10.8. The average molecular weight is 457 g/mol. The molecule has 0 aliphatic carbocycles. The smallest absolute Gasteiger partial charge is 0.325 e. The highest BCUT2D eigenvalue weighted by molar-refractivity contribution is 6.25. The number of benzene rings is 2. The summed E-state index contributed by atoms with van der Waals surface area (Å²) in [6.07, 6.45) is 0. The number of amides is 1. The van der Waals surface area contributed by atoms with Gasteiger partial charge in [0, 0.05) is 5.69 Å². The molecule has 9 nitrogen and oxygen atoms in total. The van der Waals surface area contributed by atoms with E-state index in [0.29, 0.717) is 17.1 Å². The number of rotatable bonds is 6. The van der Waals surface area contributed by atoms with Gasteiger partial charge in [-0.1, -0.05) is 36.4 Å². The van der Waals surface area contributed by atoms with Crippen LogP contribution in [0.1, 0.15) is 25.1 Å². The van der Waals surface area contributed by atoms with E-state index in [0.717, 1.165) is 5.01 Å². The number of ether oxygens (including phenoxy) is 1. The van der Waals surface area contributed by atoms with E-state index < -0.39 is 28.8 Å². The highest BCUT2D eigenvalue weighted by Gasteiger charge is 2.62. The van der Waals surface area contributed by atoms with Gasteiger partial charge in [-0.2, -0.15) is 15.4 Å². The maximum Gasteiger partial charge on any atom is 0.325 e. The van der Waals surface area contributed by atoms with Crippen molar-refractivity contribution in [2.24, 2.45) is 11.0 Å². The van der Waals surface area contributed by atoms with Crippen LogP contribution in [-0.2, 0) is 19.7 Å². The number of anilines is 1. The first kappa shape index (κ1) is 22.7. The van der Waals surface area contributed by atoms with Crippen LogP contribution >= 0.6 is 0 Å². The Kier molecular flexibility index (Phi) is 5.90. The molecule has 0 fully saturated rings. The van der Waals surface area contributed by atoms with Crippen molar-refractivity contribution in [3.8, 4) is 11.8 Å². The molecule has 0 unspecified atom stereocenters. The third kappa shape index (κ3) is 3.31. The molecule has 1 aromatic heterocycles. The summed E-state index contributed by atoms with van der Waals surface area (Å²) in [7, 11) is 0. The maximum absolute atomic E-state index is 14.1. The van der Waals surface area contributed by atoms with Crippen LogP contribution < -0.4 is 10.6 Å². The van der Waals surface area contributed by atoms with Gasteiger partial charge in [-0.25, -0.2) is 4.68 Å². The Hall–Kier alpha value is -4.45. The number of para-hydroxylation sites is 2. The summed E-state index contributed by atoms with van der Waals surface area (Å²) in [4.78, 5) is 40.8. The molecule has 0 spiro atoms. The van der Waals surface area contributed by atoms with Crippen LogP contribution in [0, 0.1) is 24.2 Å². The van der Waals surface area contributed by atoms with Gasteiger partial charge < -0.3 is 4.74 Å². The van der Waals surface area contributed by atoms with Crippen molar-refractivity contribution in [2.75, 3.05) is 11.6 Å². The number of hydrogen-bond acceptors (Lipinski definition) is 6. The largest absolute Gasteiger partial charge is 0.465 e. The number of hydrogen-bond donors (Lipinski definition) is 1. The van der Waals surface area contributed by atoms with Gasteiger partial charge in [-0.3, -0.25) is 19.5 Å². The van der Waals surface area contributed by atoms with Crippen LogP contribution in [0.3, 0.4) is 0 Å². The van der Waals surface area contributed by atoms with Gasteiger partial charge in [0.15, 0.2) is 5.92 Å². The van der Waals surface area contributed by atoms with Crippen molar-refractivity contribution in [3.63, 3.8) is 0 Å². The minimum atomic E-state index is -1.96. The fraction of sp³-hybridized carbons (Fsp3) is 0.240. The average Bonchev–Trinajstić information content (AvgIpc) is 3.28. The fourth-order valence-electron chi connectivity index (χ4n) is 4.43. The van der Waals surface area contributed by atoms with Crippen molar-refractivity contribution >= 4 is 23.3 Å². The maximum atomic E-state index is 14.1. The van der Waals surface area contributed by atoms with Crippen molar-refractivity contribution < 1.29 is 14.3 Å². The van der Waals surface area contributed by atoms with E-state index in [4.69, 9.17) is 4.74 Å². The van der Waals surface area contributed by atoms with Crippen molar-refractivity contribution in [1.82, 2.24) is 9.78 Å². The summed E-state index contributed by atoms with van der Waals surface area (Å²) in [5.74, 6) is -3.19. The molecule has 1 amide bonds. The van der Waals surface area contributed by atoms with Crippen LogP contribution in [0.5, 0.6) is 0 Å². The van der Waals surface area contributed by atoms with E-state index in [2.05, 4.69) is 10.2 Å². The third-order valence-corrected chi connectivity index (χ3v) is 5.92. The quantitative estimate of drug-likeness (QED) is 0.571. The van der Waals surface area contributed by atoms with Crippen molar-refractivity contribution in [2.45, 2.75) is 26.2 Å². The van der Waals surface area contributed by atoms with Gasteiger partial charge >= 0.3 is 5.97 Å². The number of aromatic nitrogens is 2. The fourth-order valence-corrected chi connectivity index (χ4v) is 4.43. The minimum absolute atomic E-state index is 0.0133. The van der Waals surface area contributed by atoms with E-state index in [1.54, 1.807) is 75.4 Å². The molecular weight excluding hydrogens is 434 g/mol. The number of nitrogens with one attached hydrogen (secondary N) is 1. The number of aromatic amines is 1. The first-order chi connectivity index (χ1) is 16.4. The SMILES string of the molecule is CCOC(=O)[C@@H](C#N)[C@]1(c2c(C)[nH]n(-c3ccccc3)c2=O)C(=O)N(c2ccccc2)N=C1C. The Balaban J connectivity index is 2.00. The molecule has 1 aliphatic heterocycles. The zero-order valence-electron chi connectivity index (χ0n) is 19.0. The highest BCUT2D eigenvalue weighted by Crippen LogP contribution is 2.42. The second-order valence-electron chi connectivity index (χ2n) is 7.85. The van der Waals surface area contributed by atoms with Crippen LogP contribution in [-0.4, -0.2) is 34.0 Å². The number of hydrazone groups is 1. The molecule has 2 atom stereocenters. The molecule has 0 saturated heterocycles. The molecule has 172 valence electrons. The lowest BCUT2D eigenvalue weighted by Gasteiger charge is -2.30. The lowest BCUT2D eigenvalue weighted by atomic mass is 9.67. The number of aryl methyl sites for hydroxylation is 1. The highest BCUT2D eigenvalue weighted by atomic mass is 16.5. The minimum Gasteiger partial charge on any atom is -0.465 e. The van der Waals surface area contributed by atoms with Crippen molar-refractivity contribution in [1.29, 1.82) is 5.26 Å². The van der Waals surface area contributed by atoms with E-state index >= 15 is 0 Å². The Morgan fingerprint density at radius 1 is 1.09 bits per heavy atom. The van der Waals surface area contributed by atoms with Crippen LogP contribution in [0.25, 0.3) is 5.69 Å². The van der Waals surface area contributed by atoms with E-state index in [1.165, 1.54) is 4.68 Å². The second kappa shape index (κ2) is 8.83. The van der Waals surface area contributed by atoms with Crippen LogP contribution in [0.4, 0.5) is 5.69 Å². The third-order valence-electron chi connectivity index (χ3n) is 5.92. The van der Waals surface area contributed by atoms with Gasteiger partial charge in [0.25, 0.3) is 11.5 Å². The lowest BCUT2D eigenvalue weighted by molar-refractivity contribution is -0.149. The second-order valence-corrected chi connectivity index (χ2v) is 7.85. The predicted octanol–water partition coefficient (Wildman–Crippen LogP) is 2.84. The number of esters is 1. The molecule has 4 rings (SSSR count). The normalized spacial score (nSPS) is 18.4. The summed E-state index contributed by atoms with van der Waals surface area (Å²) in [5.41, 5.74) is -1.04. The summed E-state index contributed by atoms with van der Waals surface area (Å²) >= 11 is 0. The van der Waals surface area contributed by atoms with Gasteiger partial charge in [0.05, 0.1) is 35.3 Å². The van der Waals surface area contributed by atoms with Gasteiger partial charge in [-0.05, 0) is 45.0 Å². The monoisotopic (exact) mass is 457 g/mol. The molecule has 3 aromatic rings. The summed E-state index contributed by atoms with van der Waals surface area (Å²) in [6.45, 7) is 4.79. The Morgan fingerprint density at radius 2 is 1.68 bits per heavy atom. The van der Waals surface area contributed by atoms with E-state index in [9.17, 15) is 19.6 Å². The summed E-state index contributed by atoms with van der Waals surface area (Å²) in [6, 6.07) is 19.4. The molecule has 0 radical (unpaired) electrons. The van der Waals surface area contributed by atoms with Gasteiger partial charge in [0.1, 0.15) is 5.41 Å². The standard InChI is InChI=1S/C25H23N5O4/c1-4-34-23(32)20(15-26)25(17(3)28-30(24(25)33)19-13-9-6-10-14-19)21-16(2)27-29(22(21)31)18-11-7-5-8-12-18/h5-14,20,27H,4H2,1-3H3/t20-,25-/m1/s1. The first-order valence-electron chi connectivity index (χ1n) is 10.8. The Morgan fingerprint density at radius 3 is 2.24 bits per heavy atom. The number of H-pyrrole nitrogens is 1.